The van der Waals surface area contributed by atoms with Crippen molar-refractivity contribution in [3.8, 4) is 0 Å². The molecule has 0 aliphatic carbocycles. The number of carbonyl (C=O) groups is 2. The van der Waals surface area contributed by atoms with E-state index in [1.165, 1.54) is 19.1 Å². The van der Waals surface area contributed by atoms with E-state index in [0.29, 0.717) is 12.2 Å². The second kappa shape index (κ2) is 4.53. The number of nitrogens with one attached hydrogen (secondary N) is 1. The Morgan fingerprint density at radius 2 is 2.06 bits per heavy atom. The van der Waals surface area contributed by atoms with Crippen LogP contribution in [0.5, 0.6) is 0 Å². The Bertz CT molecular complexity index is 444. The molecule has 1 atom stereocenters. The summed E-state index contributed by atoms with van der Waals surface area (Å²) in [5, 5.41) is 2.71. The average Bonchev–Trinajstić information content (AvgIpc) is 2.59. The van der Waals surface area contributed by atoms with Gasteiger partial charge in [-0.2, -0.15) is 0 Å². The number of amides is 2. The first-order valence-corrected chi connectivity index (χ1v) is 5.39. The van der Waals surface area contributed by atoms with Gasteiger partial charge in [-0.1, -0.05) is 0 Å². The van der Waals surface area contributed by atoms with Crippen LogP contribution in [0, 0.1) is 5.82 Å². The Hall–Kier alpha value is -1.91. The fraction of sp³-hybridized carbons (Fsp3) is 0.333. The average molecular weight is 236 g/mol. The van der Waals surface area contributed by atoms with Crippen molar-refractivity contribution in [1.29, 1.82) is 0 Å². The van der Waals surface area contributed by atoms with Gasteiger partial charge in [0.15, 0.2) is 0 Å². The molecule has 2 rings (SSSR count). The van der Waals surface area contributed by atoms with E-state index < -0.39 is 0 Å². The van der Waals surface area contributed by atoms with Gasteiger partial charge in [0.25, 0.3) is 0 Å². The smallest absolute Gasteiger partial charge is 0.229 e. The molecule has 0 saturated carbocycles. The van der Waals surface area contributed by atoms with Crippen molar-refractivity contribution in [2.75, 3.05) is 11.4 Å². The minimum Gasteiger partial charge on any atom is -0.351 e. The SMILES string of the molecule is CC(=O)N[C@H]1CC(=O)N(c2ccc(F)cc2)C1. The van der Waals surface area contributed by atoms with Gasteiger partial charge in [0.05, 0.1) is 6.04 Å². The van der Waals surface area contributed by atoms with Crippen LogP contribution in [-0.2, 0) is 9.59 Å². The fourth-order valence-corrected chi connectivity index (χ4v) is 1.96. The molecule has 0 aromatic heterocycles. The molecule has 4 nitrogen and oxygen atoms in total. The van der Waals surface area contributed by atoms with E-state index >= 15 is 0 Å². The summed E-state index contributed by atoms with van der Waals surface area (Å²) in [7, 11) is 0. The lowest BCUT2D eigenvalue weighted by Gasteiger charge is -2.16. The van der Waals surface area contributed by atoms with Crippen molar-refractivity contribution >= 4 is 17.5 Å². The largest absolute Gasteiger partial charge is 0.351 e. The maximum Gasteiger partial charge on any atom is 0.229 e. The lowest BCUT2D eigenvalue weighted by atomic mass is 10.2. The summed E-state index contributed by atoms with van der Waals surface area (Å²) in [4.78, 5) is 24.2. The summed E-state index contributed by atoms with van der Waals surface area (Å²) in [5.74, 6) is -0.544. The third kappa shape index (κ3) is 2.61. The van der Waals surface area contributed by atoms with Crippen LogP contribution in [0.2, 0.25) is 0 Å². The minimum absolute atomic E-state index is 0.0599. The first kappa shape index (κ1) is 11.6. The third-order valence-electron chi connectivity index (χ3n) is 2.67. The first-order chi connectivity index (χ1) is 8.06. The molecule has 90 valence electrons. The lowest BCUT2D eigenvalue weighted by Crippen LogP contribution is -2.35. The molecule has 1 aliphatic rings. The normalized spacial score (nSPS) is 19.5. The Morgan fingerprint density at radius 1 is 1.41 bits per heavy atom. The van der Waals surface area contributed by atoms with Crippen LogP contribution in [0.3, 0.4) is 0 Å². The fourth-order valence-electron chi connectivity index (χ4n) is 1.96. The van der Waals surface area contributed by atoms with Crippen LogP contribution in [0.1, 0.15) is 13.3 Å². The van der Waals surface area contributed by atoms with E-state index in [-0.39, 0.29) is 30.1 Å². The maximum atomic E-state index is 12.8. The van der Waals surface area contributed by atoms with Crippen LogP contribution in [-0.4, -0.2) is 24.4 Å². The number of carbonyl (C=O) groups excluding carboxylic acids is 2. The zero-order valence-electron chi connectivity index (χ0n) is 9.44. The van der Waals surface area contributed by atoms with Crippen LogP contribution in [0.4, 0.5) is 10.1 Å². The predicted molar refractivity (Wildman–Crippen MR) is 61.0 cm³/mol. The zero-order chi connectivity index (χ0) is 12.4. The Labute approximate surface area is 98.4 Å². The molecule has 1 heterocycles. The van der Waals surface area contributed by atoms with Gasteiger partial charge in [-0.05, 0) is 24.3 Å². The number of benzene rings is 1. The first-order valence-electron chi connectivity index (χ1n) is 5.39. The van der Waals surface area contributed by atoms with Gasteiger partial charge in [0.2, 0.25) is 11.8 Å². The maximum absolute atomic E-state index is 12.8. The molecule has 1 aromatic rings. The van der Waals surface area contributed by atoms with E-state index in [4.69, 9.17) is 0 Å². The van der Waals surface area contributed by atoms with Crippen LogP contribution in [0.25, 0.3) is 0 Å². The van der Waals surface area contributed by atoms with Gasteiger partial charge in [-0.15, -0.1) is 0 Å². The number of hydrogen-bond donors (Lipinski definition) is 1. The van der Waals surface area contributed by atoms with Crippen molar-refractivity contribution in [2.45, 2.75) is 19.4 Å². The molecule has 2 amide bonds. The Balaban J connectivity index is 2.10. The summed E-state index contributed by atoms with van der Waals surface area (Å²) in [6.45, 7) is 1.86. The number of nitrogens with zero attached hydrogens (tertiary/aromatic N) is 1. The number of rotatable bonds is 2. The van der Waals surface area contributed by atoms with Crippen LogP contribution < -0.4 is 10.2 Å². The van der Waals surface area contributed by atoms with Gasteiger partial charge >= 0.3 is 0 Å². The summed E-state index contributed by atoms with van der Waals surface area (Å²) in [6.07, 6.45) is 0.289. The van der Waals surface area contributed by atoms with Crippen LogP contribution in [0.15, 0.2) is 24.3 Å². The van der Waals surface area contributed by atoms with Gasteiger partial charge < -0.3 is 10.2 Å². The van der Waals surface area contributed by atoms with Crippen molar-refractivity contribution in [1.82, 2.24) is 5.32 Å². The van der Waals surface area contributed by atoms with Gasteiger partial charge in [-0.3, -0.25) is 9.59 Å². The molecule has 0 radical (unpaired) electrons. The quantitative estimate of drug-likeness (QED) is 0.835. The second-order valence-electron chi connectivity index (χ2n) is 4.08. The summed E-state index contributed by atoms with van der Waals surface area (Å²) in [6, 6.07) is 5.58. The van der Waals surface area contributed by atoms with E-state index in [9.17, 15) is 14.0 Å². The van der Waals surface area contributed by atoms with Crippen molar-refractivity contribution in [2.24, 2.45) is 0 Å². The molecular formula is C12H13FN2O2. The molecule has 1 saturated heterocycles. The number of hydrogen-bond acceptors (Lipinski definition) is 2. The Kier molecular flexibility index (Phi) is 3.08. The highest BCUT2D eigenvalue weighted by atomic mass is 19.1. The van der Waals surface area contributed by atoms with Crippen molar-refractivity contribution in [3.63, 3.8) is 0 Å². The molecule has 0 unspecified atom stereocenters. The van der Waals surface area contributed by atoms with E-state index in [1.54, 1.807) is 17.0 Å². The third-order valence-corrected chi connectivity index (χ3v) is 2.67. The van der Waals surface area contributed by atoms with E-state index in [1.807, 2.05) is 0 Å². The van der Waals surface area contributed by atoms with Crippen LogP contribution >= 0.6 is 0 Å². The molecule has 1 aromatic carbocycles. The summed E-state index contributed by atoms with van der Waals surface area (Å²) in [5.41, 5.74) is 0.657. The molecule has 1 N–H and O–H groups in total. The number of anilines is 1. The molecule has 0 bridgehead atoms. The number of halogens is 1. The molecule has 0 spiro atoms. The van der Waals surface area contributed by atoms with E-state index in [0.717, 1.165) is 0 Å². The minimum atomic E-state index is -0.334. The van der Waals surface area contributed by atoms with E-state index in [2.05, 4.69) is 5.32 Å². The summed E-state index contributed by atoms with van der Waals surface area (Å²) < 4.78 is 12.8. The molecule has 1 fully saturated rings. The van der Waals surface area contributed by atoms with Crippen molar-refractivity contribution < 1.29 is 14.0 Å². The molecule has 17 heavy (non-hydrogen) atoms. The molecule has 5 heteroatoms. The topological polar surface area (TPSA) is 49.4 Å². The van der Waals surface area contributed by atoms with Crippen molar-refractivity contribution in [3.05, 3.63) is 30.1 Å². The van der Waals surface area contributed by atoms with Gasteiger partial charge in [-0.25, -0.2) is 4.39 Å². The second-order valence-corrected chi connectivity index (χ2v) is 4.08. The highest BCUT2D eigenvalue weighted by Gasteiger charge is 2.30. The standard InChI is InChI=1S/C12H13FN2O2/c1-8(16)14-10-6-12(17)15(7-10)11-4-2-9(13)3-5-11/h2-5,10H,6-7H2,1H3,(H,14,16)/t10-/m0/s1. The zero-order valence-corrected chi connectivity index (χ0v) is 9.44. The predicted octanol–water partition coefficient (Wildman–Crippen LogP) is 1.07. The monoisotopic (exact) mass is 236 g/mol. The van der Waals surface area contributed by atoms with Gasteiger partial charge in [0.1, 0.15) is 5.82 Å². The molecule has 1 aliphatic heterocycles. The highest BCUT2D eigenvalue weighted by molar-refractivity contribution is 5.96. The summed E-state index contributed by atoms with van der Waals surface area (Å²) >= 11 is 0. The Morgan fingerprint density at radius 3 is 2.65 bits per heavy atom. The molecular weight excluding hydrogens is 223 g/mol. The highest BCUT2D eigenvalue weighted by Crippen LogP contribution is 2.21. The van der Waals surface area contributed by atoms with Gasteiger partial charge in [0, 0.05) is 25.6 Å². The lowest BCUT2D eigenvalue weighted by molar-refractivity contribution is -0.119.